The molecule has 8 nitrogen and oxygen atoms in total. The highest BCUT2D eigenvalue weighted by Crippen LogP contribution is 2.21. The summed E-state index contributed by atoms with van der Waals surface area (Å²) in [6.45, 7) is 7.21. The summed E-state index contributed by atoms with van der Waals surface area (Å²) in [6, 6.07) is 14.0. The highest BCUT2D eigenvalue weighted by Gasteiger charge is 2.14. The van der Waals surface area contributed by atoms with E-state index >= 15 is 0 Å². The standard InChI is InChI=1S/C23H26N4O4S/c1-4-27-20(13-31-19-11-7-16(8-12-19)15(2)3)25-26-23(27)32-14-21(28)24-18-9-5-17(6-10-18)22(29)30/h5-12,15H,4,13-14H2,1-3H3,(H,24,28)(H,29,30). The Bertz CT molecular complexity index is 1060. The summed E-state index contributed by atoms with van der Waals surface area (Å²) < 4.78 is 7.78. The van der Waals surface area contributed by atoms with Gasteiger partial charge in [0.05, 0.1) is 11.3 Å². The maximum absolute atomic E-state index is 12.3. The maximum atomic E-state index is 12.3. The van der Waals surface area contributed by atoms with Gasteiger partial charge in [0.25, 0.3) is 0 Å². The summed E-state index contributed by atoms with van der Waals surface area (Å²) in [6.07, 6.45) is 0. The van der Waals surface area contributed by atoms with Crippen molar-refractivity contribution in [3.05, 3.63) is 65.5 Å². The minimum absolute atomic E-state index is 0.149. The largest absolute Gasteiger partial charge is 0.486 e. The van der Waals surface area contributed by atoms with E-state index in [1.807, 2.05) is 23.6 Å². The van der Waals surface area contributed by atoms with E-state index in [4.69, 9.17) is 9.84 Å². The van der Waals surface area contributed by atoms with Crippen molar-refractivity contribution in [3.63, 3.8) is 0 Å². The number of anilines is 1. The number of hydrogen-bond acceptors (Lipinski definition) is 6. The number of benzene rings is 2. The SMILES string of the molecule is CCn1c(COc2ccc(C(C)C)cc2)nnc1SCC(=O)Nc1ccc(C(=O)O)cc1. The van der Waals surface area contributed by atoms with E-state index in [0.29, 0.717) is 29.1 Å². The lowest BCUT2D eigenvalue weighted by Gasteiger charge is -2.10. The van der Waals surface area contributed by atoms with Crippen LogP contribution in [0, 0.1) is 0 Å². The Labute approximate surface area is 191 Å². The Morgan fingerprint density at radius 1 is 1.09 bits per heavy atom. The molecular formula is C23H26N4O4S. The number of amides is 1. The van der Waals surface area contributed by atoms with Crippen molar-refractivity contribution < 1.29 is 19.4 Å². The molecule has 1 aromatic heterocycles. The van der Waals surface area contributed by atoms with Gasteiger partial charge in [0.15, 0.2) is 11.0 Å². The van der Waals surface area contributed by atoms with Crippen LogP contribution < -0.4 is 10.1 Å². The van der Waals surface area contributed by atoms with Crippen LogP contribution in [0.15, 0.2) is 53.7 Å². The van der Waals surface area contributed by atoms with Crippen LogP contribution in [0.4, 0.5) is 5.69 Å². The number of carboxylic acids is 1. The van der Waals surface area contributed by atoms with Crippen LogP contribution in [0.5, 0.6) is 5.75 Å². The maximum Gasteiger partial charge on any atom is 0.335 e. The third-order valence-corrected chi connectivity index (χ3v) is 5.74. The van der Waals surface area contributed by atoms with Gasteiger partial charge in [0.2, 0.25) is 5.91 Å². The van der Waals surface area contributed by atoms with Crippen LogP contribution in [-0.2, 0) is 17.9 Å². The molecule has 0 aliphatic heterocycles. The molecule has 9 heteroatoms. The van der Waals surface area contributed by atoms with Gasteiger partial charge < -0.3 is 19.7 Å². The van der Waals surface area contributed by atoms with E-state index in [0.717, 1.165) is 5.75 Å². The number of hydrogen-bond donors (Lipinski definition) is 2. The van der Waals surface area contributed by atoms with Crippen molar-refractivity contribution in [1.82, 2.24) is 14.8 Å². The van der Waals surface area contributed by atoms with Crippen LogP contribution in [-0.4, -0.2) is 37.5 Å². The zero-order chi connectivity index (χ0) is 23.1. The molecule has 1 heterocycles. The van der Waals surface area contributed by atoms with E-state index in [1.54, 1.807) is 12.1 Å². The van der Waals surface area contributed by atoms with Crippen molar-refractivity contribution in [3.8, 4) is 5.75 Å². The number of rotatable bonds is 10. The van der Waals surface area contributed by atoms with Gasteiger partial charge >= 0.3 is 5.97 Å². The lowest BCUT2D eigenvalue weighted by atomic mass is 10.0. The fourth-order valence-electron chi connectivity index (χ4n) is 2.97. The second-order valence-corrected chi connectivity index (χ2v) is 8.32. The van der Waals surface area contributed by atoms with Crippen LogP contribution in [0.1, 0.15) is 48.4 Å². The van der Waals surface area contributed by atoms with Gasteiger partial charge in [-0.2, -0.15) is 0 Å². The molecule has 2 aromatic carbocycles. The molecule has 0 fully saturated rings. The molecule has 0 aliphatic rings. The van der Waals surface area contributed by atoms with Crippen molar-refractivity contribution in [2.75, 3.05) is 11.1 Å². The van der Waals surface area contributed by atoms with Crippen LogP contribution in [0.25, 0.3) is 0 Å². The van der Waals surface area contributed by atoms with Gasteiger partial charge in [-0.1, -0.05) is 37.7 Å². The first-order valence-electron chi connectivity index (χ1n) is 10.3. The van der Waals surface area contributed by atoms with E-state index in [9.17, 15) is 9.59 Å². The average molecular weight is 455 g/mol. The predicted octanol–water partition coefficient (Wildman–Crippen LogP) is 4.43. The fourth-order valence-corrected chi connectivity index (χ4v) is 3.79. The number of ether oxygens (including phenoxy) is 1. The molecule has 0 aliphatic carbocycles. The van der Waals surface area contributed by atoms with Gasteiger partial charge in [-0.3, -0.25) is 4.79 Å². The van der Waals surface area contributed by atoms with E-state index in [1.165, 1.54) is 29.5 Å². The van der Waals surface area contributed by atoms with Gasteiger partial charge in [0, 0.05) is 12.2 Å². The highest BCUT2D eigenvalue weighted by atomic mass is 32.2. The second-order valence-electron chi connectivity index (χ2n) is 7.37. The van der Waals surface area contributed by atoms with E-state index in [-0.39, 0.29) is 23.8 Å². The van der Waals surface area contributed by atoms with Crippen molar-refractivity contribution in [2.24, 2.45) is 0 Å². The first kappa shape index (κ1) is 23.3. The number of nitrogens with zero attached hydrogens (tertiary/aromatic N) is 3. The zero-order valence-electron chi connectivity index (χ0n) is 18.2. The average Bonchev–Trinajstić information content (AvgIpc) is 3.18. The summed E-state index contributed by atoms with van der Waals surface area (Å²) in [5.74, 6) is 0.843. The van der Waals surface area contributed by atoms with Gasteiger partial charge in [-0.05, 0) is 54.8 Å². The number of aromatic nitrogens is 3. The van der Waals surface area contributed by atoms with E-state index in [2.05, 4.69) is 41.5 Å². The normalized spacial score (nSPS) is 10.9. The second kappa shape index (κ2) is 10.8. The number of aromatic carboxylic acids is 1. The molecule has 0 saturated carbocycles. The molecule has 168 valence electrons. The summed E-state index contributed by atoms with van der Waals surface area (Å²) in [5, 5.41) is 20.7. The Balaban J connectivity index is 1.54. The summed E-state index contributed by atoms with van der Waals surface area (Å²) in [7, 11) is 0. The molecule has 0 radical (unpaired) electrons. The highest BCUT2D eigenvalue weighted by molar-refractivity contribution is 7.99. The summed E-state index contributed by atoms with van der Waals surface area (Å²) in [4.78, 5) is 23.2. The number of thioether (sulfide) groups is 1. The minimum atomic E-state index is -1.01. The molecule has 3 aromatic rings. The quantitative estimate of drug-likeness (QED) is 0.437. The molecule has 0 bridgehead atoms. The Morgan fingerprint density at radius 2 is 1.78 bits per heavy atom. The molecule has 1 amide bonds. The molecule has 32 heavy (non-hydrogen) atoms. The Kier molecular flexibility index (Phi) is 7.88. The minimum Gasteiger partial charge on any atom is -0.486 e. The molecule has 0 spiro atoms. The molecule has 2 N–H and O–H groups in total. The summed E-state index contributed by atoms with van der Waals surface area (Å²) in [5.41, 5.74) is 1.96. The Hall–Kier alpha value is -3.33. The van der Waals surface area contributed by atoms with Crippen LogP contribution in [0.3, 0.4) is 0 Å². The number of carbonyl (C=O) groups is 2. The molecule has 0 unspecified atom stereocenters. The third-order valence-electron chi connectivity index (χ3n) is 4.77. The zero-order valence-corrected chi connectivity index (χ0v) is 19.1. The first-order chi connectivity index (χ1) is 15.4. The predicted molar refractivity (Wildman–Crippen MR) is 123 cm³/mol. The monoisotopic (exact) mass is 454 g/mol. The van der Waals surface area contributed by atoms with Crippen LogP contribution in [0.2, 0.25) is 0 Å². The Morgan fingerprint density at radius 3 is 2.38 bits per heavy atom. The number of carboxylic acid groups (broad SMARTS) is 1. The van der Waals surface area contributed by atoms with Crippen molar-refractivity contribution in [2.45, 2.75) is 45.0 Å². The third kappa shape index (κ3) is 6.10. The van der Waals surface area contributed by atoms with E-state index < -0.39 is 5.97 Å². The smallest absolute Gasteiger partial charge is 0.335 e. The van der Waals surface area contributed by atoms with Crippen molar-refractivity contribution in [1.29, 1.82) is 0 Å². The molecular weight excluding hydrogens is 428 g/mol. The summed E-state index contributed by atoms with van der Waals surface area (Å²) >= 11 is 1.28. The molecule has 0 saturated heterocycles. The number of nitrogens with one attached hydrogen (secondary N) is 1. The van der Waals surface area contributed by atoms with Gasteiger partial charge in [-0.25, -0.2) is 4.79 Å². The lowest BCUT2D eigenvalue weighted by molar-refractivity contribution is -0.113. The van der Waals surface area contributed by atoms with Gasteiger partial charge in [-0.15, -0.1) is 10.2 Å². The molecule has 0 atom stereocenters. The number of carbonyl (C=O) groups excluding carboxylic acids is 1. The molecule has 3 rings (SSSR count). The topological polar surface area (TPSA) is 106 Å². The van der Waals surface area contributed by atoms with Crippen molar-refractivity contribution >= 4 is 29.3 Å². The first-order valence-corrected chi connectivity index (χ1v) is 11.3. The van der Waals surface area contributed by atoms with Crippen LogP contribution >= 0.6 is 11.8 Å². The van der Waals surface area contributed by atoms with Gasteiger partial charge in [0.1, 0.15) is 12.4 Å². The lowest BCUT2D eigenvalue weighted by Crippen LogP contribution is -2.15. The fraction of sp³-hybridized carbons (Fsp3) is 0.304.